The van der Waals surface area contributed by atoms with Gasteiger partial charge in [0.05, 0.1) is 11.4 Å². The number of hydrogen-bond acceptors (Lipinski definition) is 8. The first-order valence-electron chi connectivity index (χ1n) is 14.4. The quantitative estimate of drug-likeness (QED) is 0.175. The van der Waals surface area contributed by atoms with Gasteiger partial charge in [-0.3, -0.25) is 14.4 Å². The molecule has 0 aliphatic carbocycles. The highest BCUT2D eigenvalue weighted by Crippen LogP contribution is 2.34. The van der Waals surface area contributed by atoms with Crippen molar-refractivity contribution < 1.29 is 19.5 Å². The van der Waals surface area contributed by atoms with Gasteiger partial charge >= 0.3 is 5.97 Å². The highest BCUT2D eigenvalue weighted by molar-refractivity contribution is 7.13. The minimum Gasteiger partial charge on any atom is -0.476 e. The molecular weight excluding hydrogens is 604 g/mol. The van der Waals surface area contributed by atoms with Gasteiger partial charge in [-0.1, -0.05) is 44.2 Å². The number of rotatable bonds is 10. The molecule has 3 aromatic carbocycles. The van der Waals surface area contributed by atoms with Gasteiger partial charge < -0.3 is 25.6 Å². The van der Waals surface area contributed by atoms with Gasteiger partial charge in [-0.05, 0) is 54.8 Å². The number of hydrogen-bond donors (Lipinski definition) is 3. The molecule has 0 unspecified atom stereocenters. The third-order valence-corrected chi connectivity index (χ3v) is 8.14. The smallest absolute Gasteiger partial charge is 0.355 e. The molecule has 0 aliphatic heterocycles. The number of aryl methyl sites for hydroxylation is 1. The Balaban J connectivity index is 1.59. The van der Waals surface area contributed by atoms with Crippen LogP contribution in [0, 0.1) is 12.8 Å². The highest BCUT2D eigenvalue weighted by atomic mass is 32.1. The van der Waals surface area contributed by atoms with Crippen LogP contribution in [0.1, 0.15) is 50.6 Å². The van der Waals surface area contributed by atoms with E-state index in [2.05, 4.69) is 10.3 Å². The first-order valence-corrected chi connectivity index (χ1v) is 15.3. The normalized spacial score (nSPS) is 11.0. The number of nitrogens with zero attached hydrogens (tertiary/aromatic N) is 4. The maximum Gasteiger partial charge on any atom is 0.355 e. The number of primary amides is 1. The van der Waals surface area contributed by atoms with Gasteiger partial charge in [0.15, 0.2) is 11.5 Å². The lowest BCUT2D eigenvalue weighted by molar-refractivity contribution is 0.0691. The summed E-state index contributed by atoms with van der Waals surface area (Å²) in [6, 6.07) is 19.3. The number of nitrogens with one attached hydrogen (secondary N) is 1. The number of thiazole rings is 1. The van der Waals surface area contributed by atoms with Crippen molar-refractivity contribution in [1.82, 2.24) is 14.5 Å². The van der Waals surface area contributed by atoms with E-state index in [0.29, 0.717) is 39.6 Å². The summed E-state index contributed by atoms with van der Waals surface area (Å²) in [6.45, 7) is 6.50. The van der Waals surface area contributed by atoms with Crippen molar-refractivity contribution in [3.05, 3.63) is 111 Å². The van der Waals surface area contributed by atoms with Crippen LogP contribution in [-0.4, -0.2) is 44.0 Å². The van der Waals surface area contributed by atoms with Crippen LogP contribution in [0.3, 0.4) is 0 Å². The van der Waals surface area contributed by atoms with Gasteiger partial charge in [-0.25, -0.2) is 14.8 Å². The van der Waals surface area contributed by atoms with Gasteiger partial charge in [0.2, 0.25) is 5.91 Å². The molecule has 5 aromatic rings. The summed E-state index contributed by atoms with van der Waals surface area (Å²) in [5.74, 6) is -1.83. The van der Waals surface area contributed by atoms with E-state index >= 15 is 0 Å². The van der Waals surface area contributed by atoms with E-state index in [0.717, 1.165) is 22.6 Å². The highest BCUT2D eigenvalue weighted by Gasteiger charge is 2.23. The van der Waals surface area contributed by atoms with Crippen molar-refractivity contribution in [3.63, 3.8) is 0 Å². The monoisotopic (exact) mass is 636 g/mol. The topological polar surface area (TPSA) is 161 Å². The third-order valence-electron chi connectivity index (χ3n) is 7.27. The van der Waals surface area contributed by atoms with Crippen molar-refractivity contribution in [2.24, 2.45) is 18.7 Å². The molecule has 2 heterocycles. The predicted octanol–water partition coefficient (Wildman–Crippen LogP) is 5.72. The van der Waals surface area contributed by atoms with Gasteiger partial charge in [0.25, 0.3) is 11.5 Å². The van der Waals surface area contributed by atoms with Crippen LogP contribution < -0.4 is 21.5 Å². The number of nitrogens with two attached hydrogens (primary N) is 1. The minimum atomic E-state index is -1.18. The summed E-state index contributed by atoms with van der Waals surface area (Å²) in [5, 5.41) is 14.2. The Labute approximate surface area is 269 Å². The zero-order valence-electron chi connectivity index (χ0n) is 25.6. The molecule has 5 rings (SSSR count). The number of aromatic nitrogens is 3. The molecule has 0 saturated carbocycles. The Morgan fingerprint density at radius 1 is 1.00 bits per heavy atom. The molecule has 0 bridgehead atoms. The van der Waals surface area contributed by atoms with Crippen LogP contribution in [0.2, 0.25) is 0 Å². The summed E-state index contributed by atoms with van der Waals surface area (Å²) >= 11 is 1.10. The molecule has 0 saturated heterocycles. The average Bonchev–Trinajstić information content (AvgIpc) is 3.53. The Morgan fingerprint density at radius 2 is 1.74 bits per heavy atom. The zero-order chi connectivity index (χ0) is 33.1. The number of carbonyl (C=O) groups is 3. The fraction of sp³-hybridized carbons (Fsp3) is 0.176. The lowest BCUT2D eigenvalue weighted by Gasteiger charge is -2.27. The van der Waals surface area contributed by atoms with E-state index < -0.39 is 17.4 Å². The molecule has 2 aromatic heterocycles. The lowest BCUT2D eigenvalue weighted by Crippen LogP contribution is -2.34. The molecule has 0 spiro atoms. The standard InChI is InChI=1S/C34H32N6O5S/c1-19(2)16-40(32(42)21-9-6-5-7-10-21)28-12-8-11-23(20(28)3)26-17-39(4)33(43)30(37-26)36-25-15-22(29(35)41)13-14-24(25)31-38-27(18-46-31)34(44)45/h5-15,17-19H,16H2,1-4H3,(H2,35,41)(H,36,37)(H,44,45). The lowest BCUT2D eigenvalue weighted by atomic mass is 10.0. The van der Waals surface area contributed by atoms with Gasteiger partial charge in [0, 0.05) is 53.1 Å². The van der Waals surface area contributed by atoms with Crippen molar-refractivity contribution in [3.8, 4) is 21.8 Å². The molecular formula is C34H32N6O5S. The number of carbonyl (C=O) groups excluding carboxylic acids is 2. The molecule has 11 nitrogen and oxygen atoms in total. The number of aromatic carboxylic acids is 1. The van der Waals surface area contributed by atoms with Crippen molar-refractivity contribution in [1.29, 1.82) is 0 Å². The second-order valence-corrected chi connectivity index (χ2v) is 12.0. The summed E-state index contributed by atoms with van der Waals surface area (Å²) in [6.07, 6.45) is 1.62. The number of anilines is 3. The number of carboxylic acid groups (broad SMARTS) is 1. The van der Waals surface area contributed by atoms with E-state index in [9.17, 15) is 24.3 Å². The zero-order valence-corrected chi connectivity index (χ0v) is 26.5. The maximum absolute atomic E-state index is 13.7. The summed E-state index contributed by atoms with van der Waals surface area (Å²) in [5.41, 5.74) is 9.16. The first-order chi connectivity index (χ1) is 21.9. The number of carboxylic acids is 1. The summed E-state index contributed by atoms with van der Waals surface area (Å²) < 4.78 is 1.39. The van der Waals surface area contributed by atoms with Crippen LogP contribution in [0.25, 0.3) is 21.8 Å². The predicted molar refractivity (Wildman–Crippen MR) is 179 cm³/mol. The van der Waals surface area contributed by atoms with Crippen molar-refractivity contribution in [2.45, 2.75) is 20.8 Å². The molecule has 46 heavy (non-hydrogen) atoms. The van der Waals surface area contributed by atoms with Crippen LogP contribution in [0.5, 0.6) is 0 Å². The van der Waals surface area contributed by atoms with Gasteiger partial charge in [-0.2, -0.15) is 0 Å². The van der Waals surface area contributed by atoms with Gasteiger partial charge in [-0.15, -0.1) is 11.3 Å². The average molecular weight is 637 g/mol. The van der Waals surface area contributed by atoms with Crippen LogP contribution in [0.15, 0.2) is 83.1 Å². The Bertz CT molecular complexity index is 2020. The summed E-state index contributed by atoms with van der Waals surface area (Å²) in [7, 11) is 1.60. The van der Waals surface area contributed by atoms with Crippen LogP contribution >= 0.6 is 11.3 Å². The second-order valence-electron chi connectivity index (χ2n) is 11.1. The van der Waals surface area contributed by atoms with Crippen LogP contribution in [0.4, 0.5) is 17.2 Å². The SMILES string of the molecule is Cc1c(-c2cn(C)c(=O)c(Nc3cc(C(N)=O)ccc3-c3nc(C(=O)O)cs3)n2)cccc1N(CC(C)C)C(=O)c1ccccc1. The van der Waals surface area contributed by atoms with Crippen molar-refractivity contribution >= 4 is 46.3 Å². The molecule has 0 fully saturated rings. The fourth-order valence-electron chi connectivity index (χ4n) is 5.01. The van der Waals surface area contributed by atoms with Crippen LogP contribution in [-0.2, 0) is 7.05 Å². The Morgan fingerprint density at radius 3 is 2.39 bits per heavy atom. The molecule has 0 radical (unpaired) electrons. The molecule has 12 heteroatoms. The fourth-order valence-corrected chi connectivity index (χ4v) is 5.85. The Hall–Kier alpha value is -5.62. The minimum absolute atomic E-state index is 0.0397. The Kier molecular flexibility index (Phi) is 9.10. The molecule has 234 valence electrons. The molecule has 0 aliphatic rings. The largest absolute Gasteiger partial charge is 0.476 e. The number of amides is 2. The molecule has 0 atom stereocenters. The van der Waals surface area contributed by atoms with Gasteiger partial charge in [0.1, 0.15) is 5.01 Å². The van der Waals surface area contributed by atoms with E-state index in [1.54, 1.807) is 36.3 Å². The van der Waals surface area contributed by atoms with E-state index in [1.165, 1.54) is 22.1 Å². The third kappa shape index (κ3) is 6.57. The summed E-state index contributed by atoms with van der Waals surface area (Å²) in [4.78, 5) is 61.2. The number of benzene rings is 3. The van der Waals surface area contributed by atoms with E-state index in [-0.39, 0.29) is 28.9 Å². The van der Waals surface area contributed by atoms with E-state index in [1.807, 2.05) is 57.2 Å². The van der Waals surface area contributed by atoms with E-state index in [4.69, 9.17) is 10.7 Å². The molecule has 4 N–H and O–H groups in total. The second kappa shape index (κ2) is 13.2. The first kappa shape index (κ1) is 31.8. The maximum atomic E-state index is 13.7. The molecule has 2 amide bonds. The van der Waals surface area contributed by atoms with Crippen molar-refractivity contribution in [2.75, 3.05) is 16.8 Å².